The van der Waals surface area contributed by atoms with Crippen LogP contribution in [0.4, 0.5) is 4.79 Å². The summed E-state index contributed by atoms with van der Waals surface area (Å²) in [5, 5.41) is 8.17. The summed E-state index contributed by atoms with van der Waals surface area (Å²) in [5.41, 5.74) is 1.81. The lowest BCUT2D eigenvalue weighted by atomic mass is 10.2. The summed E-state index contributed by atoms with van der Waals surface area (Å²) >= 11 is 0. The van der Waals surface area contributed by atoms with Crippen LogP contribution in [0.3, 0.4) is 0 Å². The molecule has 3 amide bonds. The van der Waals surface area contributed by atoms with E-state index in [0.29, 0.717) is 26.2 Å². The van der Waals surface area contributed by atoms with Gasteiger partial charge in [0.1, 0.15) is 0 Å². The third-order valence-corrected chi connectivity index (χ3v) is 7.21. The first-order valence-corrected chi connectivity index (χ1v) is 12.3. The molecular formula is C23H30N4O4S. The zero-order valence-electron chi connectivity index (χ0n) is 18.0. The Bertz CT molecular complexity index is 988. The molecule has 3 rings (SSSR count). The van der Waals surface area contributed by atoms with Gasteiger partial charge in [-0.1, -0.05) is 48.9 Å². The van der Waals surface area contributed by atoms with E-state index in [0.717, 1.165) is 30.4 Å². The molecule has 3 N–H and O–H groups in total. The lowest BCUT2D eigenvalue weighted by Gasteiger charge is -2.25. The van der Waals surface area contributed by atoms with Gasteiger partial charge in [0.05, 0.1) is 4.90 Å². The maximum absolute atomic E-state index is 12.7. The molecule has 1 aliphatic rings. The van der Waals surface area contributed by atoms with Gasteiger partial charge in [0.2, 0.25) is 15.9 Å². The molecule has 1 aliphatic heterocycles. The van der Waals surface area contributed by atoms with Gasteiger partial charge in [0, 0.05) is 39.1 Å². The molecule has 2 aromatic rings. The molecule has 9 heteroatoms. The molecule has 1 heterocycles. The van der Waals surface area contributed by atoms with Gasteiger partial charge < -0.3 is 16.0 Å². The highest BCUT2D eigenvalue weighted by Gasteiger charge is 2.25. The molecule has 32 heavy (non-hydrogen) atoms. The number of urea groups is 1. The van der Waals surface area contributed by atoms with Crippen molar-refractivity contribution < 1.29 is 18.0 Å². The number of amides is 3. The number of carbonyl (C=O) groups excluding carboxylic acids is 2. The van der Waals surface area contributed by atoms with Crippen molar-refractivity contribution in [3.05, 3.63) is 65.7 Å². The van der Waals surface area contributed by atoms with Crippen molar-refractivity contribution in [1.82, 2.24) is 20.3 Å². The molecule has 0 radical (unpaired) electrons. The highest BCUT2D eigenvalue weighted by atomic mass is 32.2. The van der Waals surface area contributed by atoms with Crippen molar-refractivity contribution in [2.75, 3.05) is 19.6 Å². The van der Waals surface area contributed by atoms with E-state index in [2.05, 4.69) is 16.0 Å². The SMILES string of the molecule is O=C(CCNC(=O)NCc1ccccc1)NCc1ccc(S(=O)(=O)N2CCCCC2)cc1. The summed E-state index contributed by atoms with van der Waals surface area (Å²) in [6, 6.07) is 15.8. The number of hydrogen-bond acceptors (Lipinski definition) is 4. The summed E-state index contributed by atoms with van der Waals surface area (Å²) in [6.07, 6.45) is 3.01. The van der Waals surface area contributed by atoms with E-state index in [1.54, 1.807) is 24.3 Å². The molecule has 0 unspecified atom stereocenters. The van der Waals surface area contributed by atoms with E-state index in [1.165, 1.54) is 4.31 Å². The molecular weight excluding hydrogens is 428 g/mol. The third-order valence-electron chi connectivity index (χ3n) is 5.30. The maximum Gasteiger partial charge on any atom is 0.315 e. The molecule has 8 nitrogen and oxygen atoms in total. The fraction of sp³-hybridized carbons (Fsp3) is 0.391. The van der Waals surface area contributed by atoms with Crippen molar-refractivity contribution in [1.29, 1.82) is 0 Å². The van der Waals surface area contributed by atoms with E-state index < -0.39 is 10.0 Å². The van der Waals surface area contributed by atoms with E-state index in [4.69, 9.17) is 0 Å². The molecule has 2 aromatic carbocycles. The van der Waals surface area contributed by atoms with Crippen molar-refractivity contribution in [2.45, 2.75) is 43.7 Å². The number of hydrogen-bond donors (Lipinski definition) is 3. The smallest absolute Gasteiger partial charge is 0.315 e. The second-order valence-corrected chi connectivity index (χ2v) is 9.67. The Morgan fingerprint density at radius 2 is 1.41 bits per heavy atom. The van der Waals surface area contributed by atoms with Gasteiger partial charge in [-0.3, -0.25) is 4.79 Å². The number of sulfonamides is 1. The number of rotatable bonds is 9. The first-order chi connectivity index (χ1) is 15.4. The quantitative estimate of drug-likeness (QED) is 0.536. The predicted octanol–water partition coefficient (Wildman–Crippen LogP) is 2.37. The first kappa shape index (κ1) is 23.7. The molecule has 0 saturated carbocycles. The normalized spacial score (nSPS) is 14.5. The lowest BCUT2D eigenvalue weighted by Crippen LogP contribution is -2.37. The van der Waals surface area contributed by atoms with Crippen LogP contribution in [0.2, 0.25) is 0 Å². The second-order valence-electron chi connectivity index (χ2n) is 7.73. The summed E-state index contributed by atoms with van der Waals surface area (Å²) in [6.45, 7) is 2.07. The Morgan fingerprint density at radius 3 is 2.09 bits per heavy atom. The van der Waals surface area contributed by atoms with Gasteiger partial charge >= 0.3 is 6.03 Å². The van der Waals surface area contributed by atoms with Gasteiger partial charge in [-0.25, -0.2) is 13.2 Å². The van der Waals surface area contributed by atoms with E-state index in [-0.39, 0.29) is 29.8 Å². The Balaban J connectivity index is 1.36. The molecule has 0 aliphatic carbocycles. The van der Waals surface area contributed by atoms with Crippen LogP contribution in [-0.4, -0.2) is 44.3 Å². The third kappa shape index (κ3) is 7.06. The molecule has 1 fully saturated rings. The Morgan fingerprint density at radius 1 is 0.781 bits per heavy atom. The summed E-state index contributed by atoms with van der Waals surface area (Å²) in [4.78, 5) is 24.1. The average molecular weight is 459 g/mol. The minimum absolute atomic E-state index is 0.153. The topological polar surface area (TPSA) is 108 Å². The number of nitrogens with one attached hydrogen (secondary N) is 3. The van der Waals surface area contributed by atoms with Crippen molar-refractivity contribution >= 4 is 22.0 Å². The summed E-state index contributed by atoms with van der Waals surface area (Å²) in [5.74, 6) is -0.196. The zero-order chi connectivity index (χ0) is 22.8. The highest BCUT2D eigenvalue weighted by Crippen LogP contribution is 2.20. The molecule has 0 spiro atoms. The molecule has 172 valence electrons. The number of nitrogens with zero attached hydrogens (tertiary/aromatic N) is 1. The van der Waals surface area contributed by atoms with Crippen LogP contribution in [0.1, 0.15) is 36.8 Å². The predicted molar refractivity (Wildman–Crippen MR) is 122 cm³/mol. The second kappa shape index (κ2) is 11.6. The van der Waals surface area contributed by atoms with E-state index in [9.17, 15) is 18.0 Å². The molecule has 1 saturated heterocycles. The first-order valence-electron chi connectivity index (χ1n) is 10.9. The molecule has 0 atom stereocenters. The van der Waals surface area contributed by atoms with E-state index >= 15 is 0 Å². The Kier molecular flexibility index (Phi) is 8.64. The number of benzene rings is 2. The monoisotopic (exact) mass is 458 g/mol. The fourth-order valence-corrected chi connectivity index (χ4v) is 4.97. The van der Waals surface area contributed by atoms with Gasteiger partial charge in [-0.15, -0.1) is 0 Å². The van der Waals surface area contributed by atoms with Crippen molar-refractivity contribution in [2.24, 2.45) is 0 Å². The highest BCUT2D eigenvalue weighted by molar-refractivity contribution is 7.89. The Hall–Kier alpha value is -2.91. The fourth-order valence-electron chi connectivity index (χ4n) is 3.45. The van der Waals surface area contributed by atoms with Gasteiger partial charge in [0.25, 0.3) is 0 Å². The van der Waals surface area contributed by atoms with Crippen LogP contribution in [0.15, 0.2) is 59.5 Å². The lowest BCUT2D eigenvalue weighted by molar-refractivity contribution is -0.121. The van der Waals surface area contributed by atoms with Crippen LogP contribution in [0, 0.1) is 0 Å². The van der Waals surface area contributed by atoms with Gasteiger partial charge in [0.15, 0.2) is 0 Å². The van der Waals surface area contributed by atoms with Crippen LogP contribution in [0.5, 0.6) is 0 Å². The van der Waals surface area contributed by atoms with Crippen molar-refractivity contribution in [3.63, 3.8) is 0 Å². The standard InChI is InChI=1S/C23H30N4O4S/c28-22(13-14-24-23(29)26-18-19-7-3-1-4-8-19)25-17-20-9-11-21(12-10-20)32(30,31)27-15-5-2-6-16-27/h1,3-4,7-12H,2,5-6,13-18H2,(H,25,28)(H2,24,26,29). The Labute approximate surface area is 189 Å². The summed E-state index contributed by atoms with van der Waals surface area (Å²) in [7, 11) is -3.45. The van der Waals surface area contributed by atoms with Crippen LogP contribution >= 0.6 is 0 Å². The summed E-state index contributed by atoms with van der Waals surface area (Å²) < 4.78 is 26.9. The van der Waals surface area contributed by atoms with Crippen LogP contribution < -0.4 is 16.0 Å². The average Bonchev–Trinajstić information content (AvgIpc) is 2.83. The largest absolute Gasteiger partial charge is 0.352 e. The minimum atomic E-state index is -3.45. The van der Waals surface area contributed by atoms with E-state index in [1.807, 2.05) is 30.3 Å². The van der Waals surface area contributed by atoms with Crippen molar-refractivity contribution in [3.8, 4) is 0 Å². The number of piperidine rings is 1. The van der Waals surface area contributed by atoms with Crippen LogP contribution in [-0.2, 0) is 27.9 Å². The van der Waals surface area contributed by atoms with Gasteiger partial charge in [-0.05, 0) is 36.1 Å². The number of carbonyl (C=O) groups is 2. The zero-order valence-corrected chi connectivity index (χ0v) is 18.9. The van der Waals surface area contributed by atoms with Gasteiger partial charge in [-0.2, -0.15) is 4.31 Å². The maximum atomic E-state index is 12.7. The minimum Gasteiger partial charge on any atom is -0.352 e. The van der Waals surface area contributed by atoms with Crippen LogP contribution in [0.25, 0.3) is 0 Å². The molecule has 0 bridgehead atoms. The molecule has 0 aromatic heterocycles.